The number of hydrogen-bond acceptors (Lipinski definition) is 6. The van der Waals surface area contributed by atoms with Gasteiger partial charge in [0, 0.05) is 5.56 Å². The molecule has 2 heterocycles. The molecule has 2 aromatic carbocycles. The van der Waals surface area contributed by atoms with Crippen LogP contribution < -0.4 is 4.74 Å². The molecular weight excluding hydrogens is 268 g/mol. The molecule has 2 aromatic heterocycles. The highest BCUT2D eigenvalue weighted by molar-refractivity contribution is 5.88. The van der Waals surface area contributed by atoms with Crippen LogP contribution in [0.15, 0.2) is 47.2 Å². The maximum Gasteiger partial charge on any atom is 0.243 e. The maximum atomic E-state index is 5.23. The first-order chi connectivity index (χ1) is 10.3. The largest absolute Gasteiger partial charge is 0.497 e. The highest BCUT2D eigenvalue weighted by Crippen LogP contribution is 2.26. The molecule has 0 radical (unpaired) electrons. The minimum Gasteiger partial charge on any atom is -0.497 e. The number of ether oxygens (including phenoxy) is 1. The lowest BCUT2D eigenvalue weighted by Gasteiger charge is -2.05. The summed E-state index contributed by atoms with van der Waals surface area (Å²) in [7, 11) is 1.66. The number of aromatic nitrogens is 4. The lowest BCUT2D eigenvalue weighted by molar-refractivity contribution is 0.314. The van der Waals surface area contributed by atoms with Crippen molar-refractivity contribution in [2.45, 2.75) is 0 Å². The van der Waals surface area contributed by atoms with E-state index in [1.165, 1.54) is 0 Å². The summed E-state index contributed by atoms with van der Waals surface area (Å²) < 4.78 is 9.84. The molecule has 0 amide bonds. The third-order valence-electron chi connectivity index (χ3n) is 3.33. The summed E-state index contributed by atoms with van der Waals surface area (Å²) >= 11 is 0. The van der Waals surface area contributed by atoms with Crippen LogP contribution in [0, 0.1) is 0 Å². The van der Waals surface area contributed by atoms with Gasteiger partial charge in [0.25, 0.3) is 0 Å². The van der Waals surface area contributed by atoms with Gasteiger partial charge in [-0.05, 0) is 39.3 Å². The fourth-order valence-electron chi connectivity index (χ4n) is 2.25. The molecule has 0 unspecified atom stereocenters. The predicted octanol–water partition coefficient (Wildman–Crippen LogP) is 2.84. The van der Waals surface area contributed by atoms with Crippen molar-refractivity contribution in [3.8, 4) is 17.0 Å². The van der Waals surface area contributed by atoms with Gasteiger partial charge in [0.15, 0.2) is 0 Å². The van der Waals surface area contributed by atoms with E-state index in [9.17, 15) is 0 Å². The van der Waals surface area contributed by atoms with Gasteiger partial charge in [-0.1, -0.05) is 18.2 Å². The number of hydrogen-bond donors (Lipinski definition) is 0. The average Bonchev–Trinajstić information content (AvgIpc) is 3.01. The molecule has 4 aromatic rings. The molecule has 0 aliphatic rings. The zero-order valence-corrected chi connectivity index (χ0v) is 11.1. The summed E-state index contributed by atoms with van der Waals surface area (Å²) in [5.74, 6) is 0.838. The molecule has 0 saturated carbocycles. The minimum absolute atomic E-state index is 0.405. The van der Waals surface area contributed by atoms with Crippen molar-refractivity contribution < 1.29 is 9.37 Å². The Morgan fingerprint density at radius 2 is 1.76 bits per heavy atom. The van der Waals surface area contributed by atoms with Crippen LogP contribution in [0.2, 0.25) is 0 Å². The molecule has 102 valence electrons. The van der Waals surface area contributed by atoms with E-state index < -0.39 is 0 Å². The first kappa shape index (κ1) is 11.8. The first-order valence-electron chi connectivity index (χ1n) is 6.37. The molecule has 6 nitrogen and oxygen atoms in total. The number of nitrogens with zero attached hydrogens (tertiary/aromatic N) is 4. The van der Waals surface area contributed by atoms with Crippen LogP contribution in [0.4, 0.5) is 0 Å². The van der Waals surface area contributed by atoms with Gasteiger partial charge in [0.2, 0.25) is 11.3 Å². The lowest BCUT2D eigenvalue weighted by atomic mass is 10.1. The minimum atomic E-state index is 0.405. The van der Waals surface area contributed by atoms with Crippen molar-refractivity contribution in [3.63, 3.8) is 0 Å². The van der Waals surface area contributed by atoms with Gasteiger partial charge in [-0.25, -0.2) is 14.6 Å². The third-order valence-corrected chi connectivity index (χ3v) is 3.33. The van der Waals surface area contributed by atoms with Crippen LogP contribution in [0.25, 0.3) is 33.3 Å². The Bertz CT molecular complexity index is 949. The van der Waals surface area contributed by atoms with Crippen LogP contribution >= 0.6 is 0 Å². The van der Waals surface area contributed by atoms with Gasteiger partial charge in [-0.2, -0.15) is 0 Å². The highest BCUT2D eigenvalue weighted by atomic mass is 16.6. The smallest absolute Gasteiger partial charge is 0.243 e. The molecule has 0 aliphatic carbocycles. The highest BCUT2D eigenvalue weighted by Gasteiger charge is 2.07. The van der Waals surface area contributed by atoms with E-state index in [0.29, 0.717) is 11.3 Å². The van der Waals surface area contributed by atoms with Crippen molar-refractivity contribution in [2.24, 2.45) is 0 Å². The maximum absolute atomic E-state index is 5.23. The van der Waals surface area contributed by atoms with Crippen molar-refractivity contribution in [1.29, 1.82) is 0 Å². The van der Waals surface area contributed by atoms with E-state index in [1.54, 1.807) is 13.3 Å². The molecule has 21 heavy (non-hydrogen) atoms. The predicted molar refractivity (Wildman–Crippen MR) is 76.9 cm³/mol. The Kier molecular flexibility index (Phi) is 2.53. The van der Waals surface area contributed by atoms with Gasteiger partial charge < -0.3 is 4.74 Å². The molecule has 0 atom stereocenters. The number of fused-ring (bicyclic) bond motifs is 2. The van der Waals surface area contributed by atoms with E-state index in [2.05, 4.69) is 31.0 Å². The van der Waals surface area contributed by atoms with Crippen LogP contribution in [-0.4, -0.2) is 27.4 Å². The third kappa shape index (κ3) is 1.97. The number of benzene rings is 2. The Balaban J connectivity index is 1.85. The van der Waals surface area contributed by atoms with Crippen molar-refractivity contribution in [2.75, 3.05) is 7.11 Å². The Morgan fingerprint density at radius 3 is 2.67 bits per heavy atom. The van der Waals surface area contributed by atoms with E-state index in [4.69, 9.17) is 4.74 Å². The van der Waals surface area contributed by atoms with E-state index in [0.717, 1.165) is 27.8 Å². The molecular formula is C15H10N4O2. The zero-order chi connectivity index (χ0) is 14.2. The number of methoxy groups -OCH3 is 1. The summed E-state index contributed by atoms with van der Waals surface area (Å²) in [6, 6.07) is 12.0. The van der Waals surface area contributed by atoms with Gasteiger partial charge in [-0.15, -0.1) is 0 Å². The van der Waals surface area contributed by atoms with Crippen molar-refractivity contribution >= 4 is 22.1 Å². The van der Waals surface area contributed by atoms with E-state index in [1.807, 2.05) is 30.3 Å². The van der Waals surface area contributed by atoms with Crippen molar-refractivity contribution in [1.82, 2.24) is 20.3 Å². The van der Waals surface area contributed by atoms with Gasteiger partial charge in [-0.3, -0.25) is 0 Å². The summed E-state index contributed by atoms with van der Waals surface area (Å²) in [6.07, 6.45) is 1.66. The van der Waals surface area contributed by atoms with Crippen LogP contribution in [0.5, 0.6) is 5.75 Å². The molecule has 4 rings (SSSR count). The summed E-state index contributed by atoms with van der Waals surface area (Å²) in [6.45, 7) is 0. The molecule has 6 heteroatoms. The van der Waals surface area contributed by atoms with E-state index in [-0.39, 0.29) is 0 Å². The molecule has 0 spiro atoms. The molecule has 0 N–H and O–H groups in total. The fraction of sp³-hybridized carbons (Fsp3) is 0.0667. The summed E-state index contributed by atoms with van der Waals surface area (Å²) in [4.78, 5) is 8.57. The normalized spacial score (nSPS) is 11.1. The fourth-order valence-corrected chi connectivity index (χ4v) is 2.25. The topological polar surface area (TPSA) is 73.9 Å². The Hall–Kier alpha value is -3.02. The lowest BCUT2D eigenvalue weighted by Crippen LogP contribution is -1.88. The summed E-state index contributed by atoms with van der Waals surface area (Å²) in [5.41, 5.74) is 2.51. The second-order valence-electron chi connectivity index (χ2n) is 4.59. The molecule has 0 aliphatic heterocycles. The zero-order valence-electron chi connectivity index (χ0n) is 11.1. The SMILES string of the molecule is COc1ccc2cc(-c3cnc4nonc4n3)ccc2c1. The van der Waals surface area contributed by atoms with Crippen molar-refractivity contribution in [3.05, 3.63) is 42.6 Å². The van der Waals surface area contributed by atoms with Gasteiger partial charge in [0.05, 0.1) is 19.0 Å². The second kappa shape index (κ2) is 4.52. The molecule has 0 fully saturated rings. The standard InChI is InChI=1S/C15H10N4O2/c1-20-12-5-4-9-6-11(3-2-10(9)7-12)13-8-16-14-15(17-13)19-21-18-14/h2-8H,1H3. The number of rotatable bonds is 2. The molecule has 0 bridgehead atoms. The Labute approximate surface area is 119 Å². The van der Waals surface area contributed by atoms with Crippen LogP contribution in [-0.2, 0) is 0 Å². The first-order valence-corrected chi connectivity index (χ1v) is 6.37. The quantitative estimate of drug-likeness (QED) is 0.561. The van der Waals surface area contributed by atoms with Crippen LogP contribution in [0.3, 0.4) is 0 Å². The second-order valence-corrected chi connectivity index (χ2v) is 4.59. The average molecular weight is 278 g/mol. The monoisotopic (exact) mass is 278 g/mol. The summed E-state index contributed by atoms with van der Waals surface area (Å²) in [5, 5.41) is 9.57. The van der Waals surface area contributed by atoms with Gasteiger partial charge in [0.1, 0.15) is 5.75 Å². The van der Waals surface area contributed by atoms with E-state index >= 15 is 0 Å². The van der Waals surface area contributed by atoms with Gasteiger partial charge >= 0.3 is 0 Å². The molecule has 0 saturated heterocycles. The van der Waals surface area contributed by atoms with Crippen LogP contribution in [0.1, 0.15) is 0 Å². The Morgan fingerprint density at radius 1 is 0.952 bits per heavy atom.